The summed E-state index contributed by atoms with van der Waals surface area (Å²) in [5.41, 5.74) is 1.89. The molecule has 0 N–H and O–H groups in total. The van der Waals surface area contributed by atoms with Gasteiger partial charge in [-0.2, -0.15) is 5.10 Å². The lowest BCUT2D eigenvalue weighted by atomic mass is 10.2. The summed E-state index contributed by atoms with van der Waals surface area (Å²) in [7, 11) is -3.00. The molecule has 0 radical (unpaired) electrons. The molecule has 0 spiro atoms. The smallest absolute Gasteiger partial charge is 0.153 e. The van der Waals surface area contributed by atoms with Gasteiger partial charge < -0.3 is 0 Å². The molecule has 1 aromatic rings. The lowest BCUT2D eigenvalue weighted by Gasteiger charge is -2.02. The van der Waals surface area contributed by atoms with Crippen LogP contribution in [0, 0.1) is 13.8 Å². The quantitative estimate of drug-likeness (QED) is 0.700. The summed E-state index contributed by atoms with van der Waals surface area (Å²) < 4.78 is 23.5. The first-order chi connectivity index (χ1) is 6.85. The fourth-order valence-corrected chi connectivity index (χ4v) is 1.86. The van der Waals surface area contributed by atoms with Crippen molar-refractivity contribution in [2.75, 3.05) is 12.0 Å². The van der Waals surface area contributed by atoms with E-state index in [1.54, 1.807) is 18.5 Å². The highest BCUT2D eigenvalue weighted by atomic mass is 32.2. The van der Waals surface area contributed by atoms with Gasteiger partial charge in [0.2, 0.25) is 0 Å². The third-order valence-electron chi connectivity index (χ3n) is 2.23. The number of hydrogen-bond acceptors (Lipinski definition) is 4. The number of carbonyl (C=O) groups is 1. The van der Waals surface area contributed by atoms with Crippen molar-refractivity contribution in [3.05, 3.63) is 17.0 Å². The second-order valence-corrected chi connectivity index (χ2v) is 5.82. The largest absolute Gasteiger partial charge is 0.298 e. The highest BCUT2D eigenvalue weighted by Gasteiger charge is 2.11. The molecule has 1 heterocycles. The van der Waals surface area contributed by atoms with Gasteiger partial charge in [-0.15, -0.1) is 0 Å². The Balaban J connectivity index is 2.92. The maximum atomic E-state index is 11.0. The number of aryl methyl sites for hydroxylation is 2. The molecule has 0 fully saturated rings. The molecule has 0 atom stereocenters. The average molecular weight is 230 g/mol. The number of rotatable bonds is 4. The van der Waals surface area contributed by atoms with Crippen molar-refractivity contribution in [3.8, 4) is 0 Å². The summed E-state index contributed by atoms with van der Waals surface area (Å²) >= 11 is 0. The number of carbonyl (C=O) groups excluding carboxylic acids is 1. The predicted molar refractivity (Wildman–Crippen MR) is 56.8 cm³/mol. The monoisotopic (exact) mass is 230 g/mol. The van der Waals surface area contributed by atoms with E-state index in [-0.39, 0.29) is 5.75 Å². The van der Waals surface area contributed by atoms with Crippen LogP contribution < -0.4 is 0 Å². The van der Waals surface area contributed by atoms with E-state index in [2.05, 4.69) is 5.10 Å². The van der Waals surface area contributed by atoms with Crippen LogP contribution in [0.5, 0.6) is 0 Å². The third kappa shape index (κ3) is 2.89. The Hall–Kier alpha value is -1.17. The fourth-order valence-electron chi connectivity index (χ4n) is 1.35. The van der Waals surface area contributed by atoms with E-state index in [0.717, 1.165) is 6.29 Å². The summed E-state index contributed by atoms with van der Waals surface area (Å²) in [6.45, 7) is 3.78. The van der Waals surface area contributed by atoms with Crippen LogP contribution in [0.15, 0.2) is 0 Å². The van der Waals surface area contributed by atoms with Crippen molar-refractivity contribution in [3.63, 3.8) is 0 Å². The van der Waals surface area contributed by atoms with Crippen LogP contribution in [0.1, 0.15) is 21.7 Å². The van der Waals surface area contributed by atoms with Crippen LogP contribution in [0.3, 0.4) is 0 Å². The Labute approximate surface area is 89.0 Å². The third-order valence-corrected chi connectivity index (χ3v) is 3.15. The van der Waals surface area contributed by atoms with Gasteiger partial charge in [0, 0.05) is 11.9 Å². The van der Waals surface area contributed by atoms with Crippen LogP contribution in [0.4, 0.5) is 0 Å². The molecule has 0 unspecified atom stereocenters. The molecule has 0 aliphatic carbocycles. The zero-order valence-electron chi connectivity index (χ0n) is 9.02. The van der Waals surface area contributed by atoms with E-state index < -0.39 is 9.84 Å². The average Bonchev–Trinajstić information content (AvgIpc) is 2.37. The molecule has 0 aliphatic rings. The number of sulfone groups is 1. The van der Waals surface area contributed by atoms with E-state index in [4.69, 9.17) is 0 Å². The van der Waals surface area contributed by atoms with Gasteiger partial charge in [0.25, 0.3) is 0 Å². The summed E-state index contributed by atoms with van der Waals surface area (Å²) in [6.07, 6.45) is 1.92. The van der Waals surface area contributed by atoms with Gasteiger partial charge in [-0.3, -0.25) is 9.48 Å². The van der Waals surface area contributed by atoms with Gasteiger partial charge in [0.05, 0.1) is 23.6 Å². The van der Waals surface area contributed by atoms with Gasteiger partial charge in [-0.05, 0) is 13.8 Å². The number of nitrogens with zero attached hydrogens (tertiary/aromatic N) is 2. The molecule has 5 nitrogen and oxygen atoms in total. The van der Waals surface area contributed by atoms with Gasteiger partial charge in [-0.1, -0.05) is 0 Å². The van der Waals surface area contributed by atoms with Crippen molar-refractivity contribution in [1.82, 2.24) is 9.78 Å². The first kappa shape index (κ1) is 11.9. The lowest BCUT2D eigenvalue weighted by molar-refractivity contribution is 0.112. The maximum absolute atomic E-state index is 11.0. The van der Waals surface area contributed by atoms with Crippen LogP contribution in [-0.4, -0.2) is 36.5 Å². The van der Waals surface area contributed by atoms with E-state index in [1.807, 2.05) is 0 Å². The minimum absolute atomic E-state index is 0.0350. The minimum Gasteiger partial charge on any atom is -0.298 e. The molecule has 6 heteroatoms. The highest BCUT2D eigenvalue weighted by molar-refractivity contribution is 7.90. The number of hydrogen-bond donors (Lipinski definition) is 0. The van der Waals surface area contributed by atoms with Crippen LogP contribution in [0.2, 0.25) is 0 Å². The topological polar surface area (TPSA) is 69.0 Å². The van der Waals surface area contributed by atoms with Crippen molar-refractivity contribution in [2.24, 2.45) is 0 Å². The number of aromatic nitrogens is 2. The van der Waals surface area contributed by atoms with Crippen molar-refractivity contribution in [1.29, 1.82) is 0 Å². The van der Waals surface area contributed by atoms with E-state index in [0.29, 0.717) is 23.5 Å². The van der Waals surface area contributed by atoms with Crippen molar-refractivity contribution < 1.29 is 13.2 Å². The zero-order chi connectivity index (χ0) is 11.6. The maximum Gasteiger partial charge on any atom is 0.153 e. The second kappa shape index (κ2) is 4.14. The van der Waals surface area contributed by atoms with Gasteiger partial charge in [0.1, 0.15) is 9.84 Å². The lowest BCUT2D eigenvalue weighted by Crippen LogP contribution is -2.13. The standard InChI is InChI=1S/C9H14N2O3S/c1-7-9(6-12)8(2)11(10-7)4-5-15(3,13)14/h6H,4-5H2,1-3H3. The summed E-state index contributed by atoms with van der Waals surface area (Å²) in [6, 6.07) is 0. The summed E-state index contributed by atoms with van der Waals surface area (Å²) in [5, 5.41) is 4.11. The van der Waals surface area contributed by atoms with Gasteiger partial charge in [0.15, 0.2) is 6.29 Å². The molecule has 0 aliphatic heterocycles. The first-order valence-corrected chi connectivity index (χ1v) is 6.58. The van der Waals surface area contributed by atoms with Gasteiger partial charge in [-0.25, -0.2) is 8.42 Å². The molecular weight excluding hydrogens is 216 g/mol. The SMILES string of the molecule is Cc1nn(CCS(C)(=O)=O)c(C)c1C=O. The normalized spacial score (nSPS) is 11.7. The number of aldehydes is 1. The molecule has 1 aromatic heterocycles. The summed E-state index contributed by atoms with van der Waals surface area (Å²) in [4.78, 5) is 10.7. The Morgan fingerprint density at radius 1 is 1.40 bits per heavy atom. The molecule has 0 saturated heterocycles. The van der Waals surface area contributed by atoms with Crippen LogP contribution >= 0.6 is 0 Å². The Bertz CT molecular complexity index is 474. The Morgan fingerprint density at radius 3 is 2.40 bits per heavy atom. The van der Waals surface area contributed by atoms with E-state index >= 15 is 0 Å². The predicted octanol–water partition coefficient (Wildman–Crippen LogP) is 0.357. The molecule has 0 aromatic carbocycles. The molecule has 0 amide bonds. The van der Waals surface area contributed by atoms with Crippen LogP contribution in [0.25, 0.3) is 0 Å². The first-order valence-electron chi connectivity index (χ1n) is 4.52. The second-order valence-electron chi connectivity index (χ2n) is 3.56. The molecule has 15 heavy (non-hydrogen) atoms. The van der Waals surface area contributed by atoms with Crippen molar-refractivity contribution >= 4 is 16.1 Å². The minimum atomic E-state index is -3.00. The van der Waals surface area contributed by atoms with Crippen molar-refractivity contribution in [2.45, 2.75) is 20.4 Å². The summed E-state index contributed by atoms with van der Waals surface area (Å²) in [5.74, 6) is 0.0350. The van der Waals surface area contributed by atoms with E-state index in [9.17, 15) is 13.2 Å². The Morgan fingerprint density at radius 2 is 2.00 bits per heavy atom. The molecule has 84 valence electrons. The van der Waals surface area contributed by atoms with E-state index in [1.165, 1.54) is 6.26 Å². The zero-order valence-corrected chi connectivity index (χ0v) is 9.84. The Kier molecular flexibility index (Phi) is 3.28. The fraction of sp³-hybridized carbons (Fsp3) is 0.556. The highest BCUT2D eigenvalue weighted by Crippen LogP contribution is 2.10. The van der Waals surface area contributed by atoms with Gasteiger partial charge >= 0.3 is 0 Å². The van der Waals surface area contributed by atoms with Crippen LogP contribution in [-0.2, 0) is 16.4 Å². The molecule has 0 bridgehead atoms. The molecule has 0 saturated carbocycles. The molecular formula is C9H14N2O3S. The molecule has 1 rings (SSSR count).